The molecule has 0 bridgehead atoms. The molecule has 0 fully saturated rings. The number of amides is 1. The molecule has 1 amide bonds. The number of ether oxygens (including phenoxy) is 1. The summed E-state index contributed by atoms with van der Waals surface area (Å²) in [7, 11) is 0. The number of pyridine rings is 1. The Morgan fingerprint density at radius 2 is 1.89 bits per heavy atom. The first-order valence-corrected chi connectivity index (χ1v) is 12.3. The zero-order valence-corrected chi connectivity index (χ0v) is 21.1. The zero-order valence-electron chi connectivity index (χ0n) is 21.1. The molecule has 0 aliphatic heterocycles. The number of benzene rings is 2. The molecule has 2 aromatic heterocycles. The molecule has 2 N–H and O–H groups in total. The number of nitrogens with zero attached hydrogens (tertiary/aromatic N) is 2. The fraction of sp³-hybridized carbons (Fsp3) is 0.200. The molecule has 8 nitrogen and oxygen atoms in total. The topological polar surface area (TPSA) is 115 Å². The number of hydrogen-bond acceptors (Lipinski definition) is 6. The Balaban J connectivity index is 1.38. The predicted octanol–water partition coefficient (Wildman–Crippen LogP) is 5.01. The van der Waals surface area contributed by atoms with Crippen molar-refractivity contribution in [1.82, 2.24) is 15.3 Å². The third-order valence-electron chi connectivity index (χ3n) is 5.87. The lowest BCUT2D eigenvalue weighted by atomic mass is 10.0. The van der Waals surface area contributed by atoms with Gasteiger partial charge in [-0.3, -0.25) is 14.6 Å². The van der Waals surface area contributed by atoms with E-state index < -0.39 is 5.97 Å². The van der Waals surface area contributed by atoms with Crippen molar-refractivity contribution in [2.75, 3.05) is 6.61 Å². The molecule has 0 atom stereocenters. The number of carbonyl (C=O) groups excluding carboxylic acids is 1. The first-order chi connectivity index (χ1) is 18.5. The molecule has 0 saturated carbocycles. The minimum absolute atomic E-state index is 0.00273. The fourth-order valence-electron chi connectivity index (χ4n) is 3.86. The van der Waals surface area contributed by atoms with Crippen molar-refractivity contribution in [3.8, 4) is 17.2 Å². The third-order valence-corrected chi connectivity index (χ3v) is 5.87. The van der Waals surface area contributed by atoms with Crippen LogP contribution in [-0.4, -0.2) is 33.6 Å². The lowest BCUT2D eigenvalue weighted by molar-refractivity contribution is -0.137. The molecular formula is C30H29N3O5. The molecule has 2 aromatic carbocycles. The van der Waals surface area contributed by atoms with Gasteiger partial charge in [0.05, 0.1) is 12.3 Å². The van der Waals surface area contributed by atoms with Crippen LogP contribution in [0.2, 0.25) is 0 Å². The number of oxazole rings is 1. The van der Waals surface area contributed by atoms with Gasteiger partial charge in [-0.25, -0.2) is 4.98 Å². The van der Waals surface area contributed by atoms with Gasteiger partial charge >= 0.3 is 5.97 Å². The highest BCUT2D eigenvalue weighted by Gasteiger charge is 2.12. The molecule has 0 unspecified atom stereocenters. The number of aryl methyl sites for hydroxylation is 2. The molecule has 0 aliphatic rings. The minimum Gasteiger partial charge on any atom is -0.493 e. The number of carbonyl (C=O) groups is 2. The fourth-order valence-corrected chi connectivity index (χ4v) is 3.86. The van der Waals surface area contributed by atoms with Crippen molar-refractivity contribution < 1.29 is 23.8 Å². The Morgan fingerprint density at radius 1 is 1.05 bits per heavy atom. The smallest absolute Gasteiger partial charge is 0.303 e. The van der Waals surface area contributed by atoms with Crippen LogP contribution in [0.1, 0.15) is 34.6 Å². The van der Waals surface area contributed by atoms with Gasteiger partial charge in [0.15, 0.2) is 0 Å². The molecule has 38 heavy (non-hydrogen) atoms. The molecule has 0 spiro atoms. The lowest BCUT2D eigenvalue weighted by Gasteiger charge is -2.13. The highest BCUT2D eigenvalue weighted by atomic mass is 16.5. The zero-order chi connectivity index (χ0) is 26.7. The van der Waals surface area contributed by atoms with E-state index in [0.29, 0.717) is 31.1 Å². The summed E-state index contributed by atoms with van der Waals surface area (Å²) in [6.07, 6.45) is 7.37. The molecule has 0 saturated heterocycles. The summed E-state index contributed by atoms with van der Waals surface area (Å²) in [5, 5.41) is 12.0. The SMILES string of the molecule is Cc1oc(-c2ccccc2)nc1CCOc1ccc(CCC(=O)O)c(CNC(=O)C=Cc2cccnc2)c1. The van der Waals surface area contributed by atoms with Gasteiger partial charge < -0.3 is 19.6 Å². The number of carboxylic acid groups (broad SMARTS) is 1. The van der Waals surface area contributed by atoms with Gasteiger partial charge in [-0.05, 0) is 66.4 Å². The average Bonchev–Trinajstić information content (AvgIpc) is 3.31. The van der Waals surface area contributed by atoms with E-state index in [9.17, 15) is 9.59 Å². The Labute approximate surface area is 221 Å². The van der Waals surface area contributed by atoms with E-state index >= 15 is 0 Å². The van der Waals surface area contributed by atoms with Crippen LogP contribution in [0.4, 0.5) is 0 Å². The van der Waals surface area contributed by atoms with Crippen molar-refractivity contribution in [2.45, 2.75) is 32.7 Å². The van der Waals surface area contributed by atoms with Crippen LogP contribution in [0.15, 0.2) is 83.6 Å². The second kappa shape index (κ2) is 13.0. The summed E-state index contributed by atoms with van der Waals surface area (Å²) < 4.78 is 11.8. The van der Waals surface area contributed by atoms with E-state index in [1.807, 2.05) is 61.5 Å². The summed E-state index contributed by atoms with van der Waals surface area (Å²) in [5.41, 5.74) is 4.21. The maximum atomic E-state index is 12.4. The first kappa shape index (κ1) is 26.3. The molecule has 4 rings (SSSR count). The first-order valence-electron chi connectivity index (χ1n) is 12.3. The number of aliphatic carboxylic acids is 1. The van der Waals surface area contributed by atoms with Crippen molar-refractivity contribution in [3.63, 3.8) is 0 Å². The van der Waals surface area contributed by atoms with Crippen molar-refractivity contribution in [1.29, 1.82) is 0 Å². The van der Waals surface area contributed by atoms with E-state index in [1.54, 1.807) is 24.5 Å². The minimum atomic E-state index is -0.877. The second-order valence-corrected chi connectivity index (χ2v) is 8.65. The van der Waals surface area contributed by atoms with Crippen molar-refractivity contribution in [3.05, 3.63) is 107 Å². The highest BCUT2D eigenvalue weighted by molar-refractivity contribution is 5.91. The van der Waals surface area contributed by atoms with Crippen LogP contribution < -0.4 is 10.1 Å². The van der Waals surface area contributed by atoms with Crippen LogP contribution in [0.25, 0.3) is 17.5 Å². The lowest BCUT2D eigenvalue weighted by Crippen LogP contribution is -2.21. The van der Waals surface area contributed by atoms with Gasteiger partial charge in [0, 0.05) is 43.4 Å². The van der Waals surface area contributed by atoms with Gasteiger partial charge in [0.1, 0.15) is 11.5 Å². The standard InChI is InChI=1S/C30H29N3O5/c1-21-27(33-30(38-21)24-7-3-2-4-8-24)15-17-37-26-12-10-23(11-14-29(35)36)25(18-26)20-32-28(34)13-9-22-6-5-16-31-19-22/h2-10,12-13,16,18-19H,11,14-15,17,20H2,1H3,(H,32,34)(H,35,36). The van der Waals surface area contributed by atoms with E-state index in [-0.39, 0.29) is 18.9 Å². The van der Waals surface area contributed by atoms with E-state index in [0.717, 1.165) is 33.7 Å². The summed E-state index contributed by atoms with van der Waals surface area (Å²) in [6.45, 7) is 2.51. The van der Waals surface area contributed by atoms with Gasteiger partial charge in [-0.15, -0.1) is 0 Å². The summed E-state index contributed by atoms with van der Waals surface area (Å²) in [4.78, 5) is 32.1. The molecule has 0 aliphatic carbocycles. The van der Waals surface area contributed by atoms with Crippen LogP contribution in [-0.2, 0) is 29.0 Å². The quantitative estimate of drug-likeness (QED) is 0.257. The van der Waals surface area contributed by atoms with Crippen LogP contribution >= 0.6 is 0 Å². The summed E-state index contributed by atoms with van der Waals surface area (Å²) in [5.74, 6) is 0.817. The van der Waals surface area contributed by atoms with E-state index in [1.165, 1.54) is 6.08 Å². The van der Waals surface area contributed by atoms with Gasteiger partial charge in [0.25, 0.3) is 0 Å². The molecular weight excluding hydrogens is 482 g/mol. The van der Waals surface area contributed by atoms with Crippen LogP contribution in [0, 0.1) is 6.92 Å². The second-order valence-electron chi connectivity index (χ2n) is 8.65. The molecule has 194 valence electrons. The number of hydrogen-bond donors (Lipinski definition) is 2. The maximum Gasteiger partial charge on any atom is 0.303 e. The largest absolute Gasteiger partial charge is 0.493 e. The Hall–Kier alpha value is -4.72. The number of nitrogens with one attached hydrogen (secondary N) is 1. The Bertz CT molecular complexity index is 1400. The molecule has 2 heterocycles. The van der Waals surface area contributed by atoms with Gasteiger partial charge in [-0.2, -0.15) is 0 Å². The van der Waals surface area contributed by atoms with Gasteiger partial charge in [-0.1, -0.05) is 30.3 Å². The van der Waals surface area contributed by atoms with Crippen molar-refractivity contribution >= 4 is 18.0 Å². The average molecular weight is 512 g/mol. The van der Waals surface area contributed by atoms with Crippen LogP contribution in [0.3, 0.4) is 0 Å². The summed E-state index contributed by atoms with van der Waals surface area (Å²) in [6, 6.07) is 18.9. The van der Waals surface area contributed by atoms with E-state index in [2.05, 4.69) is 15.3 Å². The van der Waals surface area contributed by atoms with E-state index in [4.69, 9.17) is 14.3 Å². The predicted molar refractivity (Wildman–Crippen MR) is 143 cm³/mol. The number of aromatic nitrogens is 2. The third kappa shape index (κ3) is 7.64. The molecule has 8 heteroatoms. The number of rotatable bonds is 12. The van der Waals surface area contributed by atoms with Crippen molar-refractivity contribution in [2.24, 2.45) is 0 Å². The normalized spacial score (nSPS) is 11.0. The van der Waals surface area contributed by atoms with Crippen LogP contribution in [0.5, 0.6) is 5.75 Å². The Morgan fingerprint density at radius 3 is 2.66 bits per heavy atom. The Kier molecular flexibility index (Phi) is 9.02. The summed E-state index contributed by atoms with van der Waals surface area (Å²) >= 11 is 0. The van der Waals surface area contributed by atoms with Gasteiger partial charge in [0.2, 0.25) is 11.8 Å². The maximum absolute atomic E-state index is 12.4. The molecule has 0 radical (unpaired) electrons. The number of carboxylic acids is 1. The highest BCUT2D eigenvalue weighted by Crippen LogP contribution is 2.23. The molecule has 4 aromatic rings. The monoisotopic (exact) mass is 511 g/mol.